The first-order valence-electron chi connectivity index (χ1n) is 6.62. The second-order valence-electron chi connectivity index (χ2n) is 5.20. The third-order valence-electron chi connectivity index (χ3n) is 3.80. The van der Waals surface area contributed by atoms with Gasteiger partial charge in [0.2, 0.25) is 0 Å². The molecule has 0 unspecified atom stereocenters. The van der Waals surface area contributed by atoms with Crippen molar-refractivity contribution in [3.63, 3.8) is 0 Å². The van der Waals surface area contributed by atoms with E-state index in [1.807, 2.05) is 0 Å². The molecule has 1 aliphatic rings. The molecule has 0 saturated heterocycles. The third-order valence-corrected chi connectivity index (χ3v) is 3.80. The fourth-order valence-corrected chi connectivity index (χ4v) is 2.27. The van der Waals surface area contributed by atoms with Crippen molar-refractivity contribution in [2.45, 2.75) is 39.3 Å². The zero-order valence-electron chi connectivity index (χ0n) is 11.0. The van der Waals surface area contributed by atoms with Crippen LogP contribution in [0.5, 0.6) is 0 Å². The fraction of sp³-hybridized carbons (Fsp3) is 0.714. The number of methoxy groups -OCH3 is 1. The summed E-state index contributed by atoms with van der Waals surface area (Å²) >= 11 is 0. The SMILES string of the molecule is CCn1ccc(CNCC2(CCOC)CC2)c1. The van der Waals surface area contributed by atoms with Gasteiger partial charge in [0.25, 0.3) is 0 Å². The lowest BCUT2D eigenvalue weighted by Gasteiger charge is -2.15. The lowest BCUT2D eigenvalue weighted by Crippen LogP contribution is -2.24. The molecule has 1 heterocycles. The Balaban J connectivity index is 1.69. The van der Waals surface area contributed by atoms with Gasteiger partial charge in [-0.3, -0.25) is 0 Å². The highest BCUT2D eigenvalue weighted by molar-refractivity contribution is 5.10. The summed E-state index contributed by atoms with van der Waals surface area (Å²) in [6.45, 7) is 6.24. The van der Waals surface area contributed by atoms with Gasteiger partial charge in [-0.15, -0.1) is 0 Å². The molecule has 0 bridgehead atoms. The first-order chi connectivity index (χ1) is 8.28. The highest BCUT2D eigenvalue weighted by Crippen LogP contribution is 2.48. The van der Waals surface area contributed by atoms with Crippen LogP contribution in [0.1, 0.15) is 31.7 Å². The number of ether oxygens (including phenoxy) is 1. The Morgan fingerprint density at radius 1 is 1.47 bits per heavy atom. The third kappa shape index (κ3) is 3.58. The Hall–Kier alpha value is -0.800. The van der Waals surface area contributed by atoms with Gasteiger partial charge in [-0.25, -0.2) is 0 Å². The van der Waals surface area contributed by atoms with E-state index in [1.165, 1.54) is 24.8 Å². The van der Waals surface area contributed by atoms with Gasteiger partial charge in [-0.05, 0) is 43.2 Å². The van der Waals surface area contributed by atoms with Crippen LogP contribution in [-0.4, -0.2) is 24.8 Å². The van der Waals surface area contributed by atoms with Crippen molar-refractivity contribution in [2.75, 3.05) is 20.3 Å². The second kappa shape index (κ2) is 5.69. The van der Waals surface area contributed by atoms with E-state index in [4.69, 9.17) is 4.74 Å². The quantitative estimate of drug-likeness (QED) is 0.750. The molecule has 0 atom stereocenters. The van der Waals surface area contributed by atoms with Gasteiger partial charge < -0.3 is 14.6 Å². The predicted octanol–water partition coefficient (Wildman–Crippen LogP) is 2.41. The van der Waals surface area contributed by atoms with Crippen LogP contribution in [0.15, 0.2) is 18.5 Å². The summed E-state index contributed by atoms with van der Waals surface area (Å²) in [4.78, 5) is 0. The molecule has 0 radical (unpaired) electrons. The van der Waals surface area contributed by atoms with Crippen molar-refractivity contribution in [3.8, 4) is 0 Å². The van der Waals surface area contributed by atoms with Crippen LogP contribution in [0, 0.1) is 5.41 Å². The van der Waals surface area contributed by atoms with Crippen LogP contribution in [0.3, 0.4) is 0 Å². The van der Waals surface area contributed by atoms with E-state index in [9.17, 15) is 0 Å². The summed E-state index contributed by atoms with van der Waals surface area (Å²) in [6, 6.07) is 2.20. The number of hydrogen-bond acceptors (Lipinski definition) is 2. The van der Waals surface area contributed by atoms with E-state index >= 15 is 0 Å². The normalized spacial score (nSPS) is 17.3. The molecule has 17 heavy (non-hydrogen) atoms. The minimum Gasteiger partial charge on any atom is -0.385 e. The Bertz CT molecular complexity index is 342. The number of nitrogens with one attached hydrogen (secondary N) is 1. The number of aromatic nitrogens is 1. The van der Waals surface area contributed by atoms with Crippen molar-refractivity contribution in [1.82, 2.24) is 9.88 Å². The van der Waals surface area contributed by atoms with Crippen LogP contribution >= 0.6 is 0 Å². The van der Waals surface area contributed by atoms with Crippen LogP contribution in [0.4, 0.5) is 0 Å². The highest BCUT2D eigenvalue weighted by atomic mass is 16.5. The maximum absolute atomic E-state index is 5.17. The predicted molar refractivity (Wildman–Crippen MR) is 70.0 cm³/mol. The summed E-state index contributed by atoms with van der Waals surface area (Å²) in [5.74, 6) is 0. The summed E-state index contributed by atoms with van der Waals surface area (Å²) in [5.41, 5.74) is 1.93. The lowest BCUT2D eigenvalue weighted by atomic mass is 10.0. The average Bonchev–Trinajstić information content (AvgIpc) is 2.96. The van der Waals surface area contributed by atoms with Gasteiger partial charge in [0.1, 0.15) is 0 Å². The molecule has 1 fully saturated rings. The molecule has 1 aliphatic carbocycles. The Morgan fingerprint density at radius 2 is 2.29 bits per heavy atom. The van der Waals surface area contributed by atoms with Gasteiger partial charge in [-0.1, -0.05) is 0 Å². The molecule has 0 aliphatic heterocycles. The summed E-state index contributed by atoms with van der Waals surface area (Å²) in [7, 11) is 1.79. The average molecular weight is 236 g/mol. The van der Waals surface area contributed by atoms with E-state index in [0.717, 1.165) is 26.2 Å². The first kappa shape index (κ1) is 12.7. The van der Waals surface area contributed by atoms with Crippen LogP contribution in [0.2, 0.25) is 0 Å². The van der Waals surface area contributed by atoms with E-state index in [-0.39, 0.29) is 0 Å². The van der Waals surface area contributed by atoms with Crippen LogP contribution in [0.25, 0.3) is 0 Å². The maximum atomic E-state index is 5.17. The Labute approximate surface area is 104 Å². The lowest BCUT2D eigenvalue weighted by molar-refractivity contribution is 0.171. The van der Waals surface area contributed by atoms with Crippen molar-refractivity contribution in [2.24, 2.45) is 5.41 Å². The van der Waals surface area contributed by atoms with E-state index in [2.05, 4.69) is 35.3 Å². The number of rotatable bonds is 8. The van der Waals surface area contributed by atoms with Gasteiger partial charge in [0.05, 0.1) is 0 Å². The minimum absolute atomic E-state index is 0.545. The summed E-state index contributed by atoms with van der Waals surface area (Å²) in [6.07, 6.45) is 8.29. The fourth-order valence-electron chi connectivity index (χ4n) is 2.27. The number of aryl methyl sites for hydroxylation is 1. The molecule has 1 aromatic heterocycles. The monoisotopic (exact) mass is 236 g/mol. The maximum Gasteiger partial charge on any atom is 0.0468 e. The molecule has 0 amide bonds. The smallest absolute Gasteiger partial charge is 0.0468 e. The van der Waals surface area contributed by atoms with E-state index in [0.29, 0.717) is 5.41 Å². The van der Waals surface area contributed by atoms with Gasteiger partial charge in [0, 0.05) is 45.7 Å². The summed E-state index contributed by atoms with van der Waals surface area (Å²) in [5, 5.41) is 3.58. The number of hydrogen-bond donors (Lipinski definition) is 1. The standard InChI is InChI=1S/C14H24N2O/c1-3-16-8-4-13(11-16)10-15-12-14(5-6-14)7-9-17-2/h4,8,11,15H,3,5-7,9-10,12H2,1-2H3. The van der Waals surface area contributed by atoms with Gasteiger partial charge >= 0.3 is 0 Å². The van der Waals surface area contributed by atoms with Crippen molar-refractivity contribution >= 4 is 0 Å². The molecule has 0 aromatic carbocycles. The highest BCUT2D eigenvalue weighted by Gasteiger charge is 2.41. The number of nitrogens with zero attached hydrogens (tertiary/aromatic N) is 1. The molecular weight excluding hydrogens is 212 g/mol. The summed E-state index contributed by atoms with van der Waals surface area (Å²) < 4.78 is 7.39. The molecule has 3 heteroatoms. The molecule has 1 aromatic rings. The molecule has 3 nitrogen and oxygen atoms in total. The zero-order valence-corrected chi connectivity index (χ0v) is 11.0. The topological polar surface area (TPSA) is 26.2 Å². The van der Waals surface area contributed by atoms with E-state index in [1.54, 1.807) is 7.11 Å². The first-order valence-corrected chi connectivity index (χ1v) is 6.62. The molecule has 2 rings (SSSR count). The zero-order chi connectivity index (χ0) is 12.1. The molecule has 0 spiro atoms. The van der Waals surface area contributed by atoms with E-state index < -0.39 is 0 Å². The van der Waals surface area contributed by atoms with Gasteiger partial charge in [-0.2, -0.15) is 0 Å². The molecule has 1 N–H and O–H groups in total. The van der Waals surface area contributed by atoms with Crippen LogP contribution in [-0.2, 0) is 17.8 Å². The van der Waals surface area contributed by atoms with Crippen LogP contribution < -0.4 is 5.32 Å². The Kier molecular flexibility index (Phi) is 4.24. The van der Waals surface area contributed by atoms with Crippen molar-refractivity contribution in [1.29, 1.82) is 0 Å². The van der Waals surface area contributed by atoms with Gasteiger partial charge in [0.15, 0.2) is 0 Å². The molecular formula is C14H24N2O. The largest absolute Gasteiger partial charge is 0.385 e. The molecule has 1 saturated carbocycles. The van der Waals surface area contributed by atoms with Crippen molar-refractivity contribution < 1.29 is 4.74 Å². The second-order valence-corrected chi connectivity index (χ2v) is 5.20. The Morgan fingerprint density at radius 3 is 2.88 bits per heavy atom. The molecule has 96 valence electrons. The van der Waals surface area contributed by atoms with Crippen molar-refractivity contribution in [3.05, 3.63) is 24.0 Å². The minimum atomic E-state index is 0.545.